The Balaban J connectivity index is 0.00000684. The number of rotatable bonds is 21. The molecule has 0 bridgehead atoms. The van der Waals surface area contributed by atoms with Gasteiger partial charge in [0, 0.05) is 5.39 Å². The molecule has 2 rings (SSSR count). The topological polar surface area (TPSA) is 89.4 Å². The Morgan fingerprint density at radius 2 is 1.05 bits per heavy atom. The Kier molecular flexibility index (Phi) is 17.8. The van der Waals surface area contributed by atoms with Crippen LogP contribution in [0.5, 0.6) is 0 Å². The third-order valence-corrected chi connectivity index (χ3v) is 8.52. The molecule has 5 heteroatoms. The van der Waals surface area contributed by atoms with Crippen molar-refractivity contribution < 1.29 is 13.0 Å². The quantitative estimate of drug-likeness (QED) is 0.123. The molecule has 0 unspecified atom stereocenters. The van der Waals surface area contributed by atoms with Crippen LogP contribution in [0.3, 0.4) is 0 Å². The molecule has 0 saturated carbocycles. The van der Waals surface area contributed by atoms with Crippen LogP contribution in [0.4, 0.5) is 0 Å². The lowest BCUT2D eigenvalue weighted by Gasteiger charge is -2.17. The maximum Gasteiger partial charge on any atom is 0.295 e. The minimum atomic E-state index is -4.29. The first-order chi connectivity index (χ1) is 17.5. The minimum absolute atomic E-state index is 0. The molecule has 37 heavy (non-hydrogen) atoms. The predicted molar refractivity (Wildman–Crippen MR) is 161 cm³/mol. The van der Waals surface area contributed by atoms with Gasteiger partial charge in [-0.1, -0.05) is 147 Å². The summed E-state index contributed by atoms with van der Waals surface area (Å²) in [5.41, 5.74) is 1.97. The van der Waals surface area contributed by atoms with Crippen LogP contribution in [0, 0.1) is 0 Å². The first kappa shape index (κ1) is 33.6. The molecule has 4 N–H and O–H groups in total. The van der Waals surface area contributed by atoms with Crippen molar-refractivity contribution in [1.82, 2.24) is 6.15 Å². The Morgan fingerprint density at radius 3 is 1.54 bits per heavy atom. The summed E-state index contributed by atoms with van der Waals surface area (Å²) in [5, 5.41) is 1.56. The molecule has 0 saturated heterocycles. The molecule has 0 heterocycles. The third kappa shape index (κ3) is 12.8. The van der Waals surface area contributed by atoms with Crippen LogP contribution in [0.2, 0.25) is 0 Å². The highest BCUT2D eigenvalue weighted by molar-refractivity contribution is 7.86. The van der Waals surface area contributed by atoms with Crippen molar-refractivity contribution in [1.29, 1.82) is 0 Å². The van der Waals surface area contributed by atoms with Crippen molar-refractivity contribution in [3.63, 3.8) is 0 Å². The second-order valence-corrected chi connectivity index (χ2v) is 12.1. The molecule has 2 aromatic rings. The maximum atomic E-state index is 12.6. The van der Waals surface area contributed by atoms with Gasteiger partial charge in [-0.3, -0.25) is 4.55 Å². The smallest absolute Gasteiger partial charge is 0.295 e. The summed E-state index contributed by atoms with van der Waals surface area (Å²) in [6, 6.07) is 9.78. The normalized spacial score (nSPS) is 11.6. The third-order valence-electron chi connectivity index (χ3n) is 7.53. The van der Waals surface area contributed by atoms with Crippen molar-refractivity contribution in [2.24, 2.45) is 0 Å². The van der Waals surface area contributed by atoms with Crippen molar-refractivity contribution in [2.45, 2.75) is 147 Å². The van der Waals surface area contributed by atoms with Crippen LogP contribution in [0.1, 0.15) is 141 Å². The van der Waals surface area contributed by atoms with E-state index < -0.39 is 10.1 Å². The van der Waals surface area contributed by atoms with Gasteiger partial charge in [0.1, 0.15) is 4.90 Å². The largest absolute Gasteiger partial charge is 0.344 e. The average Bonchev–Trinajstić information content (AvgIpc) is 2.85. The lowest BCUT2D eigenvalue weighted by Crippen LogP contribution is -2.08. The summed E-state index contributed by atoms with van der Waals surface area (Å²) in [4.78, 5) is 0.158. The van der Waals surface area contributed by atoms with Gasteiger partial charge in [0.05, 0.1) is 0 Å². The molecule has 0 aliphatic carbocycles. The summed E-state index contributed by atoms with van der Waals surface area (Å²) in [7, 11) is -4.29. The van der Waals surface area contributed by atoms with E-state index in [0.29, 0.717) is 5.39 Å². The van der Waals surface area contributed by atoms with E-state index in [1.54, 1.807) is 0 Å². The zero-order valence-corrected chi connectivity index (χ0v) is 24.7. The summed E-state index contributed by atoms with van der Waals surface area (Å²) in [6.07, 6.45) is 24.2. The monoisotopic (exact) mass is 533 g/mol. The van der Waals surface area contributed by atoms with Gasteiger partial charge >= 0.3 is 0 Å². The maximum absolute atomic E-state index is 12.6. The fraction of sp³-hybridized carbons (Fsp3) is 0.688. The van der Waals surface area contributed by atoms with Gasteiger partial charge in [-0.05, 0) is 42.2 Å². The average molecular weight is 534 g/mol. The van der Waals surface area contributed by atoms with Crippen LogP contribution in [-0.4, -0.2) is 13.0 Å². The Hall–Kier alpha value is -1.43. The van der Waals surface area contributed by atoms with E-state index in [1.165, 1.54) is 96.3 Å². The van der Waals surface area contributed by atoms with Crippen LogP contribution in [-0.2, 0) is 23.0 Å². The lowest BCUT2D eigenvalue weighted by atomic mass is 9.93. The summed E-state index contributed by atoms with van der Waals surface area (Å²) in [6.45, 7) is 4.50. The molecule has 0 fully saturated rings. The molecule has 2 aromatic carbocycles. The van der Waals surface area contributed by atoms with Gasteiger partial charge in [0.15, 0.2) is 0 Å². The van der Waals surface area contributed by atoms with Gasteiger partial charge in [0.2, 0.25) is 0 Å². The summed E-state index contributed by atoms with van der Waals surface area (Å²) < 4.78 is 35.4. The van der Waals surface area contributed by atoms with Gasteiger partial charge < -0.3 is 6.15 Å². The highest BCUT2D eigenvalue weighted by Crippen LogP contribution is 2.32. The van der Waals surface area contributed by atoms with Crippen molar-refractivity contribution in [2.75, 3.05) is 0 Å². The molecule has 0 atom stereocenters. The zero-order chi connectivity index (χ0) is 26.1. The van der Waals surface area contributed by atoms with Crippen LogP contribution in [0.15, 0.2) is 35.2 Å². The number of fused-ring (bicyclic) bond motifs is 1. The van der Waals surface area contributed by atoms with Gasteiger partial charge in [-0.25, -0.2) is 0 Å². The Morgan fingerprint density at radius 1 is 0.622 bits per heavy atom. The number of benzene rings is 2. The highest BCUT2D eigenvalue weighted by Gasteiger charge is 2.22. The zero-order valence-electron chi connectivity index (χ0n) is 23.9. The molecule has 0 spiro atoms. The van der Waals surface area contributed by atoms with Crippen molar-refractivity contribution >= 4 is 20.9 Å². The molecule has 0 aliphatic rings. The van der Waals surface area contributed by atoms with Crippen LogP contribution < -0.4 is 6.15 Å². The number of hydrogen-bond donors (Lipinski definition) is 2. The molecular weight excluding hydrogens is 478 g/mol. The first-order valence-corrected chi connectivity index (χ1v) is 16.4. The molecular formula is C32H55NO3S. The molecule has 4 nitrogen and oxygen atoms in total. The molecule has 212 valence electrons. The van der Waals surface area contributed by atoms with Gasteiger partial charge in [-0.2, -0.15) is 8.42 Å². The van der Waals surface area contributed by atoms with E-state index in [9.17, 15) is 13.0 Å². The van der Waals surface area contributed by atoms with Crippen molar-refractivity contribution in [3.05, 3.63) is 41.5 Å². The van der Waals surface area contributed by atoms with E-state index >= 15 is 0 Å². The number of aryl methyl sites for hydroxylation is 1. The highest BCUT2D eigenvalue weighted by atomic mass is 32.2. The second-order valence-electron chi connectivity index (χ2n) is 10.7. The second kappa shape index (κ2) is 19.6. The van der Waals surface area contributed by atoms with E-state index in [-0.39, 0.29) is 11.0 Å². The Bertz CT molecular complexity index is 971. The number of unbranched alkanes of at least 4 members (excludes halogenated alkanes) is 16. The first-order valence-electron chi connectivity index (χ1n) is 15.0. The van der Waals surface area contributed by atoms with Crippen molar-refractivity contribution in [3.8, 4) is 0 Å². The molecule has 0 aliphatic heterocycles. The summed E-state index contributed by atoms with van der Waals surface area (Å²) in [5.74, 6) is 0. The van der Waals surface area contributed by atoms with Gasteiger partial charge in [-0.15, -0.1) is 0 Å². The fourth-order valence-corrected chi connectivity index (χ4v) is 6.45. The van der Waals surface area contributed by atoms with Crippen LogP contribution in [0.25, 0.3) is 10.8 Å². The number of hydrogen-bond acceptors (Lipinski definition) is 3. The molecule has 0 amide bonds. The van der Waals surface area contributed by atoms with E-state index in [4.69, 9.17) is 0 Å². The minimum Gasteiger partial charge on any atom is -0.344 e. The predicted octanol–water partition coefficient (Wildman–Crippen LogP) is 10.4. The fourth-order valence-electron chi connectivity index (χ4n) is 5.44. The van der Waals surface area contributed by atoms with Crippen LogP contribution >= 0.6 is 0 Å². The van der Waals surface area contributed by atoms with E-state index in [1.807, 2.05) is 24.3 Å². The Labute approximate surface area is 228 Å². The SMILES string of the molecule is CCCCCCCCCCCc1cc2ccccc2c(S(=O)(=O)O)c1CCCCCCCCCCC.N. The molecule has 0 radical (unpaired) electrons. The van der Waals surface area contributed by atoms with Gasteiger partial charge in [0.25, 0.3) is 10.1 Å². The van der Waals surface area contributed by atoms with E-state index in [0.717, 1.165) is 48.6 Å². The standard InChI is InChI=1S/C32H52O3S.H3N/c1-3-5-7-9-11-13-15-17-19-23-28-27-29-24-21-22-26-31(29)32(36(33,34)35)30(28)25-20-18-16-14-12-10-8-6-4-2;/h21-22,24,26-27H,3-20,23,25H2,1-2H3,(H,33,34,35);1H3. The summed E-state index contributed by atoms with van der Waals surface area (Å²) >= 11 is 0. The molecule has 0 aromatic heterocycles. The van der Waals surface area contributed by atoms with E-state index in [2.05, 4.69) is 19.9 Å². The lowest BCUT2D eigenvalue weighted by molar-refractivity contribution is 0.482.